The summed E-state index contributed by atoms with van der Waals surface area (Å²) in [4.78, 5) is 13.7. The van der Waals surface area contributed by atoms with Crippen LogP contribution in [-0.2, 0) is 4.74 Å². The molecule has 1 fully saturated rings. The Kier molecular flexibility index (Phi) is 6.51. The van der Waals surface area contributed by atoms with Crippen LogP contribution in [0.5, 0.6) is 0 Å². The van der Waals surface area contributed by atoms with Crippen LogP contribution in [0.2, 0.25) is 0 Å². The van der Waals surface area contributed by atoms with Gasteiger partial charge in [0, 0.05) is 31.3 Å². The number of piperidine rings is 1. The van der Waals surface area contributed by atoms with Crippen molar-refractivity contribution in [3.8, 4) is 11.8 Å². The minimum Gasteiger partial charge on any atom is -0.444 e. The van der Waals surface area contributed by atoms with Gasteiger partial charge in [-0.15, -0.1) is 17.5 Å². The highest BCUT2D eigenvalue weighted by atomic mass is 35.5. The molecular weight excluding hydrogens is 262 g/mol. The lowest BCUT2D eigenvalue weighted by Crippen LogP contribution is -2.41. The summed E-state index contributed by atoms with van der Waals surface area (Å²) in [5.74, 6) is 7.53. The van der Waals surface area contributed by atoms with Crippen LogP contribution in [0.25, 0.3) is 0 Å². The number of alkyl halides is 1. The van der Waals surface area contributed by atoms with Gasteiger partial charge in [-0.3, -0.25) is 0 Å². The molecule has 1 rings (SSSR count). The van der Waals surface area contributed by atoms with Crippen molar-refractivity contribution in [2.45, 2.75) is 52.1 Å². The van der Waals surface area contributed by atoms with Crippen LogP contribution in [0.3, 0.4) is 0 Å². The number of carbonyl (C=O) groups excluding carboxylic acids is 1. The average molecular weight is 286 g/mol. The molecule has 0 aromatic rings. The number of likely N-dealkylation sites (tertiary alicyclic amines) is 1. The van der Waals surface area contributed by atoms with Gasteiger partial charge in [-0.1, -0.05) is 5.92 Å². The molecule has 0 bridgehead atoms. The molecular formula is C15H24ClNO2. The van der Waals surface area contributed by atoms with Crippen LogP contribution in [-0.4, -0.2) is 35.6 Å². The van der Waals surface area contributed by atoms with E-state index in [1.807, 2.05) is 20.8 Å². The Morgan fingerprint density at radius 2 is 2.00 bits per heavy atom. The summed E-state index contributed by atoms with van der Waals surface area (Å²) in [5.41, 5.74) is -0.421. The zero-order valence-electron chi connectivity index (χ0n) is 12.2. The fourth-order valence-electron chi connectivity index (χ4n) is 1.90. The second-order valence-corrected chi connectivity index (χ2v) is 6.23. The van der Waals surface area contributed by atoms with Gasteiger partial charge < -0.3 is 9.64 Å². The van der Waals surface area contributed by atoms with E-state index in [0.29, 0.717) is 11.8 Å². The van der Waals surface area contributed by atoms with E-state index in [1.165, 1.54) is 0 Å². The molecule has 0 atom stereocenters. The normalized spacial score (nSPS) is 16.7. The molecule has 19 heavy (non-hydrogen) atoms. The maximum atomic E-state index is 11.9. The lowest BCUT2D eigenvalue weighted by atomic mass is 9.97. The first-order chi connectivity index (χ1) is 8.92. The number of hydrogen-bond donors (Lipinski definition) is 0. The highest BCUT2D eigenvalue weighted by Crippen LogP contribution is 2.19. The summed E-state index contributed by atoms with van der Waals surface area (Å²) in [7, 11) is 0. The largest absolute Gasteiger partial charge is 0.444 e. The Bertz CT molecular complexity index is 343. The molecule has 0 unspecified atom stereocenters. The van der Waals surface area contributed by atoms with Crippen molar-refractivity contribution >= 4 is 17.7 Å². The molecule has 0 saturated carbocycles. The average Bonchev–Trinajstić information content (AvgIpc) is 2.33. The molecule has 1 heterocycles. The lowest BCUT2D eigenvalue weighted by molar-refractivity contribution is 0.0199. The van der Waals surface area contributed by atoms with E-state index in [9.17, 15) is 4.79 Å². The first kappa shape index (κ1) is 16.2. The van der Waals surface area contributed by atoms with Crippen molar-refractivity contribution in [2.75, 3.05) is 19.0 Å². The van der Waals surface area contributed by atoms with Gasteiger partial charge in [0.1, 0.15) is 5.60 Å². The van der Waals surface area contributed by atoms with Crippen molar-refractivity contribution in [1.82, 2.24) is 4.90 Å². The zero-order chi connectivity index (χ0) is 14.3. The summed E-state index contributed by atoms with van der Waals surface area (Å²) in [5, 5.41) is 0. The molecule has 0 aromatic carbocycles. The predicted octanol–water partition coefficient (Wildman–Crippen LogP) is 3.66. The van der Waals surface area contributed by atoms with Crippen molar-refractivity contribution < 1.29 is 9.53 Å². The van der Waals surface area contributed by atoms with Gasteiger partial charge in [-0.25, -0.2) is 4.79 Å². The number of halogens is 1. The summed E-state index contributed by atoms with van der Waals surface area (Å²) >= 11 is 5.60. The molecule has 0 spiro atoms. The van der Waals surface area contributed by atoms with Gasteiger partial charge in [-0.05, 0) is 40.0 Å². The van der Waals surface area contributed by atoms with Gasteiger partial charge >= 0.3 is 6.09 Å². The van der Waals surface area contributed by atoms with E-state index >= 15 is 0 Å². The second kappa shape index (κ2) is 7.65. The van der Waals surface area contributed by atoms with Crippen LogP contribution in [0.1, 0.15) is 46.5 Å². The summed E-state index contributed by atoms with van der Waals surface area (Å²) < 4.78 is 5.36. The zero-order valence-corrected chi connectivity index (χ0v) is 12.9. The van der Waals surface area contributed by atoms with Crippen LogP contribution in [0.15, 0.2) is 0 Å². The first-order valence-electron chi connectivity index (χ1n) is 6.94. The molecule has 0 aromatic heterocycles. The van der Waals surface area contributed by atoms with E-state index in [2.05, 4.69) is 11.8 Å². The number of hydrogen-bond acceptors (Lipinski definition) is 2. The fourth-order valence-corrected chi connectivity index (χ4v) is 2.04. The maximum absolute atomic E-state index is 11.9. The van der Waals surface area contributed by atoms with Crippen LogP contribution in [0, 0.1) is 17.8 Å². The van der Waals surface area contributed by atoms with Crippen molar-refractivity contribution in [1.29, 1.82) is 0 Å². The first-order valence-corrected chi connectivity index (χ1v) is 7.48. The summed E-state index contributed by atoms with van der Waals surface area (Å²) in [6.45, 7) is 7.15. The van der Waals surface area contributed by atoms with Crippen molar-refractivity contribution in [3.05, 3.63) is 0 Å². The highest BCUT2D eigenvalue weighted by Gasteiger charge is 2.25. The molecule has 108 valence electrons. The molecule has 1 aliphatic rings. The molecule has 0 aliphatic carbocycles. The van der Waals surface area contributed by atoms with Crippen molar-refractivity contribution in [2.24, 2.45) is 5.92 Å². The second-order valence-electron chi connectivity index (χ2n) is 5.86. The fraction of sp³-hybridized carbons (Fsp3) is 0.800. The van der Waals surface area contributed by atoms with E-state index in [-0.39, 0.29) is 6.09 Å². The maximum Gasteiger partial charge on any atom is 0.410 e. The van der Waals surface area contributed by atoms with Gasteiger partial charge in [0.2, 0.25) is 0 Å². The number of ether oxygens (including phenoxy) is 1. The third kappa shape index (κ3) is 6.73. The Morgan fingerprint density at radius 1 is 1.37 bits per heavy atom. The van der Waals surface area contributed by atoms with E-state index in [0.717, 1.165) is 38.8 Å². The summed E-state index contributed by atoms with van der Waals surface area (Å²) in [6, 6.07) is 0. The predicted molar refractivity (Wildman–Crippen MR) is 78.3 cm³/mol. The number of nitrogens with zero attached hydrogens (tertiary/aromatic N) is 1. The van der Waals surface area contributed by atoms with Crippen LogP contribution >= 0.6 is 11.6 Å². The van der Waals surface area contributed by atoms with Gasteiger partial charge in [0.15, 0.2) is 0 Å². The van der Waals surface area contributed by atoms with Crippen LogP contribution < -0.4 is 0 Å². The summed E-state index contributed by atoms with van der Waals surface area (Å²) in [6.07, 6.45) is 3.49. The Morgan fingerprint density at radius 3 is 2.53 bits per heavy atom. The molecule has 1 aliphatic heterocycles. The minimum absolute atomic E-state index is 0.207. The van der Waals surface area contributed by atoms with Crippen molar-refractivity contribution in [3.63, 3.8) is 0 Å². The number of unbranched alkanes of at least 4 members (excludes halogenated alkanes) is 1. The Balaban J connectivity index is 2.32. The third-order valence-corrected chi connectivity index (χ3v) is 3.16. The van der Waals surface area contributed by atoms with E-state index in [1.54, 1.807) is 4.90 Å². The monoisotopic (exact) mass is 285 g/mol. The molecule has 3 nitrogen and oxygen atoms in total. The Hall–Kier alpha value is -0.880. The quantitative estimate of drug-likeness (QED) is 0.440. The lowest BCUT2D eigenvalue weighted by Gasteiger charge is -2.31. The topological polar surface area (TPSA) is 29.5 Å². The SMILES string of the molecule is CC(C)(C)OC(=O)N1CCC(C#CCCCCl)CC1. The van der Waals surface area contributed by atoms with Gasteiger partial charge in [-0.2, -0.15) is 0 Å². The molecule has 0 N–H and O–H groups in total. The molecule has 0 radical (unpaired) electrons. The number of carbonyl (C=O) groups is 1. The standard InChI is InChI=1S/C15H24ClNO2/c1-15(2,3)19-14(18)17-11-8-13(9-12-17)7-5-4-6-10-16/h13H,4,6,8-12H2,1-3H3. The molecule has 4 heteroatoms. The smallest absolute Gasteiger partial charge is 0.410 e. The number of rotatable bonds is 2. The van der Waals surface area contributed by atoms with Gasteiger partial charge in [0.25, 0.3) is 0 Å². The van der Waals surface area contributed by atoms with E-state index in [4.69, 9.17) is 16.3 Å². The van der Waals surface area contributed by atoms with E-state index < -0.39 is 5.60 Å². The van der Waals surface area contributed by atoms with Crippen LogP contribution in [0.4, 0.5) is 4.79 Å². The van der Waals surface area contributed by atoms with Gasteiger partial charge in [0.05, 0.1) is 0 Å². The number of amides is 1. The highest BCUT2D eigenvalue weighted by molar-refractivity contribution is 6.17. The molecule has 1 saturated heterocycles. The minimum atomic E-state index is -0.421. The molecule has 1 amide bonds. The Labute approximate surface area is 121 Å². The third-order valence-electron chi connectivity index (χ3n) is 2.89.